The van der Waals surface area contributed by atoms with E-state index < -0.39 is 0 Å². The lowest BCUT2D eigenvalue weighted by Crippen LogP contribution is -2.45. The van der Waals surface area contributed by atoms with Gasteiger partial charge in [0.25, 0.3) is 0 Å². The second-order valence-electron chi connectivity index (χ2n) is 9.49. The normalized spacial score (nSPS) is 20.9. The monoisotopic (exact) mass is 442 g/mol. The summed E-state index contributed by atoms with van der Waals surface area (Å²) < 4.78 is 0. The molecular weight excluding hydrogens is 412 g/mol. The first-order chi connectivity index (χ1) is 15.6. The molecule has 2 aromatic rings. The fourth-order valence-electron chi connectivity index (χ4n) is 4.83. The standard InChI is InChI=1S/C29H31ClN2/c1-20-15-16-32(19-29(20)31-21(2)27-5-3-4-6-28(27)30)26-14-13-24-12-11-23(17-25(24)18-26)10-9-22-7-8-22/h3-6,11-12,17,22,26,31H,2,7-8,13-16,18-19H2,1H3. The molecule has 3 heteroatoms. The van der Waals surface area contributed by atoms with Crippen LogP contribution in [-0.4, -0.2) is 24.0 Å². The molecule has 0 amide bonds. The molecule has 1 saturated carbocycles. The summed E-state index contributed by atoms with van der Waals surface area (Å²) in [4.78, 5) is 2.65. The molecule has 0 aromatic heterocycles. The van der Waals surface area contributed by atoms with E-state index in [1.54, 1.807) is 0 Å². The Balaban J connectivity index is 1.27. The van der Waals surface area contributed by atoms with Gasteiger partial charge in [-0.05, 0) is 74.8 Å². The highest BCUT2D eigenvalue weighted by Gasteiger charge is 2.28. The highest BCUT2D eigenvalue weighted by atomic mass is 35.5. The number of hydrogen-bond acceptors (Lipinski definition) is 2. The Morgan fingerprint density at radius 3 is 2.75 bits per heavy atom. The zero-order valence-corrected chi connectivity index (χ0v) is 19.6. The van der Waals surface area contributed by atoms with Crippen LogP contribution in [-0.2, 0) is 12.8 Å². The van der Waals surface area contributed by atoms with Crippen molar-refractivity contribution in [1.82, 2.24) is 10.2 Å². The molecule has 5 rings (SSSR count). The lowest BCUT2D eigenvalue weighted by Gasteiger charge is -2.39. The van der Waals surface area contributed by atoms with Gasteiger partial charge in [-0.3, -0.25) is 4.90 Å². The van der Waals surface area contributed by atoms with E-state index in [-0.39, 0.29) is 0 Å². The predicted molar refractivity (Wildman–Crippen MR) is 134 cm³/mol. The summed E-state index contributed by atoms with van der Waals surface area (Å²) in [5.41, 5.74) is 8.72. The van der Waals surface area contributed by atoms with Gasteiger partial charge in [-0.15, -0.1) is 0 Å². The van der Waals surface area contributed by atoms with Gasteiger partial charge < -0.3 is 5.32 Å². The molecule has 2 nitrogen and oxygen atoms in total. The fraction of sp³-hybridized carbons (Fsp3) is 0.379. The van der Waals surface area contributed by atoms with Crippen LogP contribution in [0, 0.1) is 17.8 Å². The molecule has 1 unspecified atom stereocenters. The van der Waals surface area contributed by atoms with E-state index in [1.807, 2.05) is 24.3 Å². The van der Waals surface area contributed by atoms with Crippen molar-refractivity contribution in [2.24, 2.45) is 5.92 Å². The second-order valence-corrected chi connectivity index (χ2v) is 9.89. The van der Waals surface area contributed by atoms with E-state index in [0.29, 0.717) is 12.0 Å². The van der Waals surface area contributed by atoms with Crippen LogP contribution in [0.4, 0.5) is 0 Å². The van der Waals surface area contributed by atoms with Crippen molar-refractivity contribution in [2.75, 3.05) is 13.1 Å². The van der Waals surface area contributed by atoms with Crippen molar-refractivity contribution in [3.05, 3.63) is 87.6 Å². The maximum atomic E-state index is 6.39. The van der Waals surface area contributed by atoms with E-state index in [9.17, 15) is 0 Å². The Morgan fingerprint density at radius 1 is 1.09 bits per heavy atom. The summed E-state index contributed by atoms with van der Waals surface area (Å²) in [6, 6.07) is 15.3. The smallest absolute Gasteiger partial charge is 0.0499 e. The zero-order chi connectivity index (χ0) is 22.1. The molecule has 1 aliphatic heterocycles. The van der Waals surface area contributed by atoms with Gasteiger partial charge in [0, 0.05) is 52.6 Å². The van der Waals surface area contributed by atoms with Gasteiger partial charge in [0.05, 0.1) is 0 Å². The molecule has 2 aromatic carbocycles. The van der Waals surface area contributed by atoms with E-state index >= 15 is 0 Å². The van der Waals surface area contributed by atoms with Crippen LogP contribution < -0.4 is 5.32 Å². The number of benzene rings is 2. The summed E-state index contributed by atoms with van der Waals surface area (Å²) >= 11 is 6.39. The molecule has 0 saturated heterocycles. The van der Waals surface area contributed by atoms with Crippen molar-refractivity contribution < 1.29 is 0 Å². The minimum atomic E-state index is 0.576. The van der Waals surface area contributed by atoms with Crippen molar-refractivity contribution >= 4 is 17.3 Å². The largest absolute Gasteiger partial charge is 0.358 e. The molecule has 1 atom stereocenters. The van der Waals surface area contributed by atoms with E-state index in [4.69, 9.17) is 11.6 Å². The third kappa shape index (κ3) is 4.80. The van der Waals surface area contributed by atoms with Crippen LogP contribution in [0.2, 0.25) is 5.02 Å². The molecule has 164 valence electrons. The summed E-state index contributed by atoms with van der Waals surface area (Å²) in [5, 5.41) is 4.33. The van der Waals surface area contributed by atoms with Crippen LogP contribution in [0.5, 0.6) is 0 Å². The minimum Gasteiger partial charge on any atom is -0.358 e. The predicted octanol–water partition coefficient (Wildman–Crippen LogP) is 6.20. The highest BCUT2D eigenvalue weighted by molar-refractivity contribution is 6.32. The maximum Gasteiger partial charge on any atom is 0.0499 e. The average Bonchev–Trinajstić information content (AvgIpc) is 3.63. The first kappa shape index (κ1) is 21.4. The van der Waals surface area contributed by atoms with Crippen molar-refractivity contribution in [2.45, 2.75) is 51.5 Å². The van der Waals surface area contributed by atoms with E-state index in [0.717, 1.165) is 48.6 Å². The number of rotatable bonds is 4. The number of aryl methyl sites for hydroxylation is 1. The average molecular weight is 443 g/mol. The number of hydrogen-bond donors (Lipinski definition) is 1. The fourth-order valence-corrected chi connectivity index (χ4v) is 5.08. The van der Waals surface area contributed by atoms with E-state index in [2.05, 4.69) is 53.8 Å². The zero-order valence-electron chi connectivity index (χ0n) is 18.9. The number of halogens is 1. The molecule has 32 heavy (non-hydrogen) atoms. The third-order valence-corrected chi connectivity index (χ3v) is 7.40. The van der Waals surface area contributed by atoms with Crippen molar-refractivity contribution in [3.8, 4) is 11.8 Å². The summed E-state index contributed by atoms with van der Waals surface area (Å²) in [7, 11) is 0. The topological polar surface area (TPSA) is 15.3 Å². The maximum absolute atomic E-state index is 6.39. The van der Waals surface area contributed by atoms with E-state index in [1.165, 1.54) is 47.2 Å². The van der Waals surface area contributed by atoms with Gasteiger partial charge in [-0.1, -0.05) is 59.9 Å². The Morgan fingerprint density at radius 2 is 1.94 bits per heavy atom. The summed E-state index contributed by atoms with van der Waals surface area (Å²) in [6.07, 6.45) is 7.14. The highest BCUT2D eigenvalue weighted by Crippen LogP contribution is 2.30. The molecular formula is C29H31ClN2. The number of nitrogens with zero attached hydrogens (tertiary/aromatic N) is 1. The Hall–Kier alpha value is -2.47. The van der Waals surface area contributed by atoms with Crippen LogP contribution in [0.3, 0.4) is 0 Å². The first-order valence-electron chi connectivity index (χ1n) is 11.8. The van der Waals surface area contributed by atoms with Crippen LogP contribution in [0.15, 0.2) is 60.3 Å². The van der Waals surface area contributed by atoms with Gasteiger partial charge in [0.1, 0.15) is 0 Å². The lowest BCUT2D eigenvalue weighted by atomic mass is 9.85. The van der Waals surface area contributed by atoms with Crippen LogP contribution in [0.1, 0.15) is 54.9 Å². The Kier molecular flexibility index (Phi) is 6.13. The Bertz CT molecular complexity index is 1130. The Labute approximate surface area is 197 Å². The number of nitrogens with one attached hydrogen (secondary N) is 1. The van der Waals surface area contributed by atoms with Crippen molar-refractivity contribution in [1.29, 1.82) is 0 Å². The molecule has 3 aliphatic rings. The third-order valence-electron chi connectivity index (χ3n) is 7.07. The quantitative estimate of drug-likeness (QED) is 0.567. The van der Waals surface area contributed by atoms with Crippen LogP contribution >= 0.6 is 11.6 Å². The van der Waals surface area contributed by atoms with Gasteiger partial charge in [-0.2, -0.15) is 0 Å². The molecule has 0 spiro atoms. The van der Waals surface area contributed by atoms with Gasteiger partial charge in [0.2, 0.25) is 0 Å². The molecule has 2 aliphatic carbocycles. The summed E-state index contributed by atoms with van der Waals surface area (Å²) in [6.45, 7) is 8.56. The van der Waals surface area contributed by atoms with Gasteiger partial charge in [-0.25, -0.2) is 0 Å². The molecule has 0 radical (unpaired) electrons. The number of fused-ring (bicyclic) bond motifs is 1. The first-order valence-corrected chi connectivity index (χ1v) is 12.2. The van der Waals surface area contributed by atoms with Crippen LogP contribution in [0.25, 0.3) is 5.70 Å². The lowest BCUT2D eigenvalue weighted by molar-refractivity contribution is 0.185. The SMILES string of the molecule is C=C(NC1=C(C)CCN(C2CCc3ccc(C#CC4CC4)cc3C2)C1)c1ccccc1Cl. The van der Waals surface area contributed by atoms with Gasteiger partial charge in [0.15, 0.2) is 0 Å². The van der Waals surface area contributed by atoms with Crippen molar-refractivity contribution in [3.63, 3.8) is 0 Å². The molecule has 0 bridgehead atoms. The molecule has 1 heterocycles. The molecule has 1 fully saturated rings. The second kappa shape index (κ2) is 9.18. The molecule has 1 N–H and O–H groups in total. The minimum absolute atomic E-state index is 0.576. The van der Waals surface area contributed by atoms with Gasteiger partial charge >= 0.3 is 0 Å². The summed E-state index contributed by atoms with van der Waals surface area (Å²) in [5.74, 6) is 7.46.